The number of carbonyl (C=O) groups is 1. The Morgan fingerprint density at radius 2 is 1.95 bits per heavy atom. The van der Waals surface area contributed by atoms with Crippen LogP contribution in [0.4, 0.5) is 13.2 Å². The molecule has 0 bridgehead atoms. The summed E-state index contributed by atoms with van der Waals surface area (Å²) >= 11 is 0. The molecular formula is C14H17F3N2O2. The van der Waals surface area contributed by atoms with Crippen LogP contribution in [0.1, 0.15) is 5.56 Å². The first-order valence-corrected chi connectivity index (χ1v) is 6.27. The lowest BCUT2D eigenvalue weighted by atomic mass is 10.2. The fourth-order valence-electron chi connectivity index (χ4n) is 1.42. The Bertz CT molecular complexity index is 458. The van der Waals surface area contributed by atoms with Crippen LogP contribution >= 0.6 is 0 Å². The molecule has 0 heterocycles. The topological polar surface area (TPSA) is 50.4 Å². The van der Waals surface area contributed by atoms with E-state index in [1.165, 1.54) is 12.1 Å². The van der Waals surface area contributed by atoms with Crippen LogP contribution in [0.3, 0.4) is 0 Å². The van der Waals surface area contributed by atoms with Crippen LogP contribution < -0.4 is 15.4 Å². The molecule has 0 aliphatic heterocycles. The van der Waals surface area contributed by atoms with Crippen LogP contribution in [-0.4, -0.2) is 31.8 Å². The maximum Gasteiger partial charge on any atom is 0.422 e. The lowest BCUT2D eigenvalue weighted by molar-refractivity contribution is -0.153. The number of amides is 1. The summed E-state index contributed by atoms with van der Waals surface area (Å²) in [7, 11) is 0. The number of benzene rings is 1. The maximum absolute atomic E-state index is 12.0. The van der Waals surface area contributed by atoms with Crippen molar-refractivity contribution in [2.45, 2.75) is 12.7 Å². The fourth-order valence-corrected chi connectivity index (χ4v) is 1.42. The van der Waals surface area contributed by atoms with Crippen LogP contribution in [0, 0.1) is 0 Å². The molecule has 0 aromatic heterocycles. The van der Waals surface area contributed by atoms with Gasteiger partial charge in [-0.1, -0.05) is 18.2 Å². The van der Waals surface area contributed by atoms with E-state index in [2.05, 4.69) is 21.9 Å². The van der Waals surface area contributed by atoms with Crippen molar-refractivity contribution < 1.29 is 22.7 Å². The van der Waals surface area contributed by atoms with Crippen molar-refractivity contribution in [3.8, 4) is 5.75 Å². The van der Waals surface area contributed by atoms with E-state index in [1.54, 1.807) is 18.2 Å². The molecule has 1 aromatic carbocycles. The van der Waals surface area contributed by atoms with Crippen LogP contribution in [0.15, 0.2) is 36.9 Å². The van der Waals surface area contributed by atoms with E-state index >= 15 is 0 Å². The van der Waals surface area contributed by atoms with Crippen LogP contribution in [0.2, 0.25) is 0 Å². The third-order valence-corrected chi connectivity index (χ3v) is 2.39. The van der Waals surface area contributed by atoms with Crippen molar-refractivity contribution in [2.24, 2.45) is 0 Å². The summed E-state index contributed by atoms with van der Waals surface area (Å²) in [6.45, 7) is 3.21. The van der Waals surface area contributed by atoms with Gasteiger partial charge in [-0.2, -0.15) is 13.2 Å². The van der Waals surface area contributed by atoms with Gasteiger partial charge in [0.1, 0.15) is 5.75 Å². The summed E-state index contributed by atoms with van der Waals surface area (Å²) in [6.07, 6.45) is -2.71. The van der Waals surface area contributed by atoms with Gasteiger partial charge in [0.2, 0.25) is 5.91 Å². The average Bonchev–Trinajstić information content (AvgIpc) is 2.43. The first-order chi connectivity index (χ1) is 9.90. The highest BCUT2D eigenvalue weighted by Gasteiger charge is 2.28. The molecule has 0 fully saturated rings. The fraction of sp³-hybridized carbons (Fsp3) is 0.357. The summed E-state index contributed by atoms with van der Waals surface area (Å²) in [5.41, 5.74) is 0.770. The number of alkyl halides is 3. The second kappa shape index (κ2) is 8.31. The molecule has 0 saturated heterocycles. The second-order valence-electron chi connectivity index (χ2n) is 4.24. The SMILES string of the molecule is C=CCNCC(=O)NCc1ccc(OCC(F)(F)F)cc1. The van der Waals surface area contributed by atoms with Crippen molar-refractivity contribution >= 4 is 5.91 Å². The van der Waals surface area contributed by atoms with E-state index in [-0.39, 0.29) is 18.2 Å². The van der Waals surface area contributed by atoms with E-state index in [0.717, 1.165) is 5.56 Å². The van der Waals surface area contributed by atoms with Gasteiger partial charge in [0, 0.05) is 13.1 Å². The first kappa shape index (κ1) is 17.0. The molecule has 1 rings (SSSR count). The molecule has 0 spiro atoms. The Hall–Kier alpha value is -2.02. The minimum absolute atomic E-state index is 0.134. The summed E-state index contributed by atoms with van der Waals surface area (Å²) in [4.78, 5) is 11.4. The molecule has 4 nitrogen and oxygen atoms in total. The Morgan fingerprint density at radius 1 is 1.29 bits per heavy atom. The molecule has 21 heavy (non-hydrogen) atoms. The number of nitrogens with one attached hydrogen (secondary N) is 2. The van der Waals surface area contributed by atoms with Crippen molar-refractivity contribution in [3.05, 3.63) is 42.5 Å². The zero-order valence-electron chi connectivity index (χ0n) is 11.4. The Morgan fingerprint density at radius 3 is 2.52 bits per heavy atom. The van der Waals surface area contributed by atoms with Crippen molar-refractivity contribution in [3.63, 3.8) is 0 Å². The standard InChI is InChI=1S/C14H17F3N2O2/c1-2-7-18-9-13(20)19-8-11-3-5-12(6-4-11)21-10-14(15,16)17/h2-6,18H,1,7-10H2,(H,19,20). The largest absolute Gasteiger partial charge is 0.484 e. The molecule has 0 unspecified atom stereocenters. The summed E-state index contributed by atoms with van der Waals surface area (Å²) < 4.78 is 40.5. The monoisotopic (exact) mass is 302 g/mol. The van der Waals surface area contributed by atoms with Gasteiger partial charge in [0.05, 0.1) is 6.54 Å². The highest BCUT2D eigenvalue weighted by atomic mass is 19.4. The van der Waals surface area contributed by atoms with Gasteiger partial charge >= 0.3 is 6.18 Å². The van der Waals surface area contributed by atoms with Crippen molar-refractivity contribution in [1.82, 2.24) is 10.6 Å². The molecule has 0 atom stereocenters. The third-order valence-electron chi connectivity index (χ3n) is 2.39. The first-order valence-electron chi connectivity index (χ1n) is 6.27. The number of ether oxygens (including phenoxy) is 1. The Kier molecular flexibility index (Phi) is 6.74. The normalized spacial score (nSPS) is 11.0. The van der Waals surface area contributed by atoms with E-state index in [0.29, 0.717) is 13.1 Å². The van der Waals surface area contributed by atoms with Crippen LogP contribution in [-0.2, 0) is 11.3 Å². The lowest BCUT2D eigenvalue weighted by Gasteiger charge is -2.10. The number of hydrogen-bond acceptors (Lipinski definition) is 3. The number of carbonyl (C=O) groups excluding carboxylic acids is 1. The highest BCUT2D eigenvalue weighted by Crippen LogP contribution is 2.18. The number of rotatable bonds is 8. The van der Waals surface area contributed by atoms with E-state index in [1.807, 2.05) is 0 Å². The predicted molar refractivity (Wildman–Crippen MR) is 72.9 cm³/mol. The zero-order chi connectivity index (χ0) is 15.7. The number of hydrogen-bond donors (Lipinski definition) is 2. The van der Waals surface area contributed by atoms with Gasteiger partial charge in [0.15, 0.2) is 6.61 Å². The minimum Gasteiger partial charge on any atom is -0.484 e. The van der Waals surface area contributed by atoms with Crippen molar-refractivity contribution in [1.29, 1.82) is 0 Å². The van der Waals surface area contributed by atoms with Gasteiger partial charge in [0.25, 0.3) is 0 Å². The van der Waals surface area contributed by atoms with E-state index < -0.39 is 12.8 Å². The van der Waals surface area contributed by atoms with Gasteiger partial charge in [-0.15, -0.1) is 6.58 Å². The minimum atomic E-state index is -4.36. The molecule has 0 aliphatic carbocycles. The predicted octanol–water partition coefficient (Wildman–Crippen LogP) is 2.02. The maximum atomic E-state index is 12.0. The molecule has 1 aromatic rings. The lowest BCUT2D eigenvalue weighted by Crippen LogP contribution is -2.33. The van der Waals surface area contributed by atoms with Crippen LogP contribution in [0.5, 0.6) is 5.75 Å². The summed E-state index contributed by atoms with van der Waals surface area (Å²) in [5, 5.41) is 5.53. The second-order valence-corrected chi connectivity index (χ2v) is 4.24. The Balaban J connectivity index is 2.34. The number of halogens is 3. The molecule has 0 saturated carbocycles. The molecule has 116 valence electrons. The van der Waals surface area contributed by atoms with Crippen LogP contribution in [0.25, 0.3) is 0 Å². The van der Waals surface area contributed by atoms with Gasteiger partial charge in [-0.3, -0.25) is 4.79 Å². The van der Waals surface area contributed by atoms with E-state index in [4.69, 9.17) is 0 Å². The van der Waals surface area contributed by atoms with Crippen molar-refractivity contribution in [2.75, 3.05) is 19.7 Å². The average molecular weight is 302 g/mol. The molecular weight excluding hydrogens is 285 g/mol. The molecule has 0 aliphatic rings. The Labute approximate surface area is 121 Å². The van der Waals surface area contributed by atoms with Gasteiger partial charge < -0.3 is 15.4 Å². The third kappa shape index (κ3) is 7.98. The van der Waals surface area contributed by atoms with E-state index in [9.17, 15) is 18.0 Å². The molecule has 0 radical (unpaired) electrons. The molecule has 2 N–H and O–H groups in total. The van der Waals surface area contributed by atoms with Gasteiger partial charge in [-0.05, 0) is 17.7 Å². The summed E-state index contributed by atoms with van der Waals surface area (Å²) in [5.74, 6) is -0.0377. The molecule has 1 amide bonds. The van der Waals surface area contributed by atoms with Gasteiger partial charge in [-0.25, -0.2) is 0 Å². The zero-order valence-corrected chi connectivity index (χ0v) is 11.4. The molecule has 7 heteroatoms. The highest BCUT2D eigenvalue weighted by molar-refractivity contribution is 5.77. The quantitative estimate of drug-likeness (QED) is 0.570. The smallest absolute Gasteiger partial charge is 0.422 e. The summed E-state index contributed by atoms with van der Waals surface area (Å²) in [6, 6.07) is 6.07.